The van der Waals surface area contributed by atoms with Crippen molar-refractivity contribution in [2.24, 2.45) is 5.92 Å². The van der Waals surface area contributed by atoms with E-state index in [4.69, 9.17) is 0 Å². The Morgan fingerprint density at radius 1 is 1.32 bits per heavy atom. The van der Waals surface area contributed by atoms with Crippen LogP contribution in [0.5, 0.6) is 0 Å². The van der Waals surface area contributed by atoms with Crippen molar-refractivity contribution in [2.75, 3.05) is 37.8 Å². The van der Waals surface area contributed by atoms with E-state index in [1.807, 2.05) is 4.90 Å². The highest BCUT2D eigenvalue weighted by molar-refractivity contribution is 7.89. The van der Waals surface area contributed by atoms with Crippen LogP contribution in [0.15, 0.2) is 12.4 Å². The van der Waals surface area contributed by atoms with Crippen molar-refractivity contribution >= 4 is 16.0 Å². The number of hydrogen-bond donors (Lipinski definition) is 1. The first-order valence-electron chi connectivity index (χ1n) is 7.47. The summed E-state index contributed by atoms with van der Waals surface area (Å²) in [5, 5.41) is 10.1. The van der Waals surface area contributed by atoms with Crippen molar-refractivity contribution in [3.05, 3.63) is 18.0 Å². The molecule has 0 spiro atoms. The van der Waals surface area contributed by atoms with Gasteiger partial charge in [-0.1, -0.05) is 13.3 Å². The van der Waals surface area contributed by atoms with Crippen LogP contribution in [0.2, 0.25) is 0 Å². The van der Waals surface area contributed by atoms with Gasteiger partial charge in [0.2, 0.25) is 16.0 Å². The molecule has 0 aromatic carbocycles. The second-order valence-corrected chi connectivity index (χ2v) is 8.16. The topological polar surface area (TPSA) is 86.6 Å². The van der Waals surface area contributed by atoms with Gasteiger partial charge in [-0.05, 0) is 12.0 Å². The first-order valence-corrected chi connectivity index (χ1v) is 9.08. The van der Waals surface area contributed by atoms with E-state index >= 15 is 0 Å². The highest BCUT2D eigenvalue weighted by atomic mass is 32.2. The number of aliphatic hydroxyl groups is 1. The Bertz CT molecular complexity index is 589. The second-order valence-electron chi connectivity index (χ2n) is 5.93. The number of aromatic nitrogens is 2. The van der Waals surface area contributed by atoms with Crippen LogP contribution in [0.3, 0.4) is 0 Å². The SMILES string of the molecule is CCCc1cnc(N2CC(O)C(CS(=O)(=O)N(C)C)C2)nc1. The third-order valence-corrected chi connectivity index (χ3v) is 5.86. The molecule has 1 aliphatic rings. The van der Waals surface area contributed by atoms with Gasteiger partial charge in [-0.2, -0.15) is 0 Å². The molecular formula is C14H24N4O3S. The molecule has 1 aliphatic heterocycles. The van der Waals surface area contributed by atoms with Gasteiger partial charge < -0.3 is 10.0 Å². The molecule has 8 heteroatoms. The highest BCUT2D eigenvalue weighted by Gasteiger charge is 2.36. The van der Waals surface area contributed by atoms with E-state index in [0.717, 1.165) is 18.4 Å². The van der Waals surface area contributed by atoms with Gasteiger partial charge >= 0.3 is 0 Å². The van der Waals surface area contributed by atoms with Crippen LogP contribution >= 0.6 is 0 Å². The third kappa shape index (κ3) is 3.93. The maximum Gasteiger partial charge on any atom is 0.225 e. The molecule has 124 valence electrons. The first kappa shape index (κ1) is 17.1. The Labute approximate surface area is 132 Å². The highest BCUT2D eigenvalue weighted by Crippen LogP contribution is 2.23. The molecule has 2 rings (SSSR count). The number of aliphatic hydroxyl groups excluding tert-OH is 1. The molecule has 0 saturated carbocycles. The fourth-order valence-corrected chi connectivity index (χ4v) is 3.70. The Balaban J connectivity index is 2.04. The van der Waals surface area contributed by atoms with E-state index in [-0.39, 0.29) is 11.7 Å². The van der Waals surface area contributed by atoms with Crippen LogP contribution in [0, 0.1) is 5.92 Å². The normalized spacial score (nSPS) is 22.5. The largest absolute Gasteiger partial charge is 0.391 e. The van der Waals surface area contributed by atoms with Crippen molar-refractivity contribution in [2.45, 2.75) is 25.9 Å². The standard InChI is InChI=1S/C14H24N4O3S/c1-4-5-11-6-15-14(16-7-11)18-8-12(13(19)9-18)10-22(20,21)17(2)3/h6-7,12-13,19H,4-5,8-10H2,1-3H3. The number of anilines is 1. The lowest BCUT2D eigenvalue weighted by molar-refractivity contribution is 0.157. The average Bonchev–Trinajstić information content (AvgIpc) is 2.80. The van der Waals surface area contributed by atoms with Crippen molar-refractivity contribution in [1.29, 1.82) is 0 Å². The van der Waals surface area contributed by atoms with Crippen molar-refractivity contribution in [3.63, 3.8) is 0 Å². The molecule has 1 aromatic heterocycles. The predicted octanol–water partition coefficient (Wildman–Crippen LogP) is 0.118. The summed E-state index contributed by atoms with van der Waals surface area (Å²) in [6.07, 6.45) is 4.88. The molecule has 1 fully saturated rings. The Kier molecular flexibility index (Phi) is 5.36. The van der Waals surface area contributed by atoms with Gasteiger partial charge in [0, 0.05) is 45.5 Å². The molecule has 2 heterocycles. The zero-order chi connectivity index (χ0) is 16.3. The fourth-order valence-electron chi connectivity index (χ4n) is 2.53. The molecule has 2 unspecified atom stereocenters. The summed E-state index contributed by atoms with van der Waals surface area (Å²) < 4.78 is 25.1. The number of rotatable bonds is 6. The van der Waals surface area contributed by atoms with Crippen molar-refractivity contribution in [3.8, 4) is 0 Å². The first-order chi connectivity index (χ1) is 10.3. The molecule has 1 saturated heterocycles. The molecule has 0 amide bonds. The van der Waals surface area contributed by atoms with Gasteiger partial charge in [-0.15, -0.1) is 0 Å². The van der Waals surface area contributed by atoms with Crippen LogP contribution in [-0.2, 0) is 16.4 Å². The molecule has 7 nitrogen and oxygen atoms in total. The summed E-state index contributed by atoms with van der Waals surface area (Å²) in [7, 11) is -0.320. The number of aryl methyl sites for hydroxylation is 1. The molecule has 0 bridgehead atoms. The van der Waals surface area contributed by atoms with Gasteiger partial charge in [0.15, 0.2) is 0 Å². The summed E-state index contributed by atoms with van der Waals surface area (Å²) in [6, 6.07) is 0. The summed E-state index contributed by atoms with van der Waals surface area (Å²) in [4.78, 5) is 10.5. The number of nitrogens with zero attached hydrogens (tertiary/aromatic N) is 4. The number of hydrogen-bond acceptors (Lipinski definition) is 6. The summed E-state index contributed by atoms with van der Waals surface area (Å²) in [5.74, 6) is 0.154. The maximum atomic E-state index is 12.0. The predicted molar refractivity (Wildman–Crippen MR) is 85.2 cm³/mol. The van der Waals surface area contributed by atoms with Gasteiger partial charge in [0.1, 0.15) is 0 Å². The van der Waals surface area contributed by atoms with Crippen LogP contribution in [0.25, 0.3) is 0 Å². The van der Waals surface area contributed by atoms with Gasteiger partial charge in [-0.25, -0.2) is 22.7 Å². The maximum absolute atomic E-state index is 12.0. The lowest BCUT2D eigenvalue weighted by atomic mass is 10.1. The molecule has 1 aromatic rings. The average molecular weight is 328 g/mol. The monoisotopic (exact) mass is 328 g/mol. The smallest absolute Gasteiger partial charge is 0.225 e. The molecule has 22 heavy (non-hydrogen) atoms. The molecule has 2 atom stereocenters. The van der Waals surface area contributed by atoms with E-state index in [1.54, 1.807) is 12.4 Å². The van der Waals surface area contributed by atoms with Crippen LogP contribution < -0.4 is 4.90 Å². The Morgan fingerprint density at radius 3 is 2.50 bits per heavy atom. The molecule has 1 N–H and O–H groups in total. The lowest BCUT2D eigenvalue weighted by Gasteiger charge is -2.18. The number of sulfonamides is 1. The van der Waals surface area contributed by atoms with Crippen molar-refractivity contribution in [1.82, 2.24) is 14.3 Å². The zero-order valence-corrected chi connectivity index (χ0v) is 14.1. The van der Waals surface area contributed by atoms with Gasteiger partial charge in [-0.3, -0.25) is 0 Å². The molecule has 0 aliphatic carbocycles. The minimum atomic E-state index is -3.33. The Morgan fingerprint density at radius 2 is 1.95 bits per heavy atom. The quantitative estimate of drug-likeness (QED) is 0.798. The van der Waals surface area contributed by atoms with E-state index in [9.17, 15) is 13.5 Å². The summed E-state index contributed by atoms with van der Waals surface area (Å²) >= 11 is 0. The summed E-state index contributed by atoms with van der Waals surface area (Å²) in [6.45, 7) is 2.91. The Hall–Kier alpha value is -1.25. The van der Waals surface area contributed by atoms with E-state index in [0.29, 0.717) is 19.0 Å². The zero-order valence-electron chi connectivity index (χ0n) is 13.3. The van der Waals surface area contributed by atoms with Gasteiger partial charge in [0.25, 0.3) is 0 Å². The van der Waals surface area contributed by atoms with Crippen LogP contribution in [-0.4, -0.2) is 66.8 Å². The fraction of sp³-hybridized carbons (Fsp3) is 0.714. The number of β-amino-alcohol motifs (C(OH)–C–C–N with tert-alkyl or cyclic N) is 1. The minimum Gasteiger partial charge on any atom is -0.391 e. The van der Waals surface area contributed by atoms with Crippen molar-refractivity contribution < 1.29 is 13.5 Å². The second kappa shape index (κ2) is 6.89. The van der Waals surface area contributed by atoms with E-state index < -0.39 is 16.1 Å². The van der Waals surface area contributed by atoms with Crippen LogP contribution in [0.4, 0.5) is 5.95 Å². The minimum absolute atomic E-state index is 0.0639. The lowest BCUT2D eigenvalue weighted by Crippen LogP contribution is -2.33. The van der Waals surface area contributed by atoms with E-state index in [2.05, 4.69) is 16.9 Å². The molecular weight excluding hydrogens is 304 g/mol. The van der Waals surface area contributed by atoms with Crippen LogP contribution in [0.1, 0.15) is 18.9 Å². The third-order valence-electron chi connectivity index (χ3n) is 3.90. The van der Waals surface area contributed by atoms with Gasteiger partial charge in [0.05, 0.1) is 11.9 Å². The van der Waals surface area contributed by atoms with E-state index in [1.165, 1.54) is 18.4 Å². The summed E-state index contributed by atoms with van der Waals surface area (Å²) in [5.41, 5.74) is 1.08. The molecule has 0 radical (unpaired) electrons.